The highest BCUT2D eigenvalue weighted by Crippen LogP contribution is 2.32. The third-order valence-corrected chi connectivity index (χ3v) is 6.43. The lowest BCUT2D eigenvalue weighted by Gasteiger charge is -2.18. The van der Waals surface area contributed by atoms with Gasteiger partial charge in [0.05, 0.1) is 11.3 Å². The molecule has 1 aliphatic heterocycles. The van der Waals surface area contributed by atoms with E-state index in [4.69, 9.17) is 16.3 Å². The number of benzene rings is 3. The standard InChI is InChI=1S/C28H25ClN2O4/c1-15-6-13-22(18(4)14-15)31-26(32)23(29)24(27(31)33)30-21-11-9-20(10-12-21)28(34)35-25-17(3)8-7-16(2)19(25)5/h6-14,30H,1-5H3. The van der Waals surface area contributed by atoms with Crippen molar-refractivity contribution < 1.29 is 19.1 Å². The number of rotatable bonds is 5. The second-order valence-electron chi connectivity index (χ2n) is 8.67. The molecular formula is C28H25ClN2O4. The van der Waals surface area contributed by atoms with Crippen molar-refractivity contribution >= 4 is 40.8 Å². The second kappa shape index (κ2) is 9.39. The van der Waals surface area contributed by atoms with E-state index >= 15 is 0 Å². The molecule has 0 atom stereocenters. The van der Waals surface area contributed by atoms with Crippen LogP contribution >= 0.6 is 11.6 Å². The first-order valence-corrected chi connectivity index (χ1v) is 11.5. The van der Waals surface area contributed by atoms with Crippen LogP contribution in [-0.4, -0.2) is 17.8 Å². The molecule has 3 aromatic rings. The lowest BCUT2D eigenvalue weighted by molar-refractivity contribution is -0.120. The SMILES string of the molecule is Cc1ccc(N2C(=O)C(Cl)=C(Nc3ccc(C(=O)Oc4c(C)ccc(C)c4C)cc3)C2=O)c(C)c1. The van der Waals surface area contributed by atoms with Crippen molar-refractivity contribution in [1.29, 1.82) is 0 Å². The van der Waals surface area contributed by atoms with Gasteiger partial charge in [-0.3, -0.25) is 9.59 Å². The quantitative estimate of drug-likeness (QED) is 0.275. The first kappa shape index (κ1) is 24.2. The highest BCUT2D eigenvalue weighted by Gasteiger charge is 2.39. The summed E-state index contributed by atoms with van der Waals surface area (Å²) in [6.45, 7) is 9.53. The molecule has 1 heterocycles. The number of carbonyl (C=O) groups is 3. The summed E-state index contributed by atoms with van der Waals surface area (Å²) >= 11 is 6.25. The minimum atomic E-state index is -0.588. The molecule has 0 bridgehead atoms. The Hall–Kier alpha value is -3.90. The Balaban J connectivity index is 1.51. The van der Waals surface area contributed by atoms with Crippen LogP contribution in [0.2, 0.25) is 0 Å². The molecule has 7 heteroatoms. The monoisotopic (exact) mass is 488 g/mol. The average Bonchev–Trinajstić information content (AvgIpc) is 3.03. The molecule has 0 aromatic heterocycles. The van der Waals surface area contributed by atoms with Crippen LogP contribution in [0.1, 0.15) is 38.2 Å². The fourth-order valence-corrected chi connectivity index (χ4v) is 4.17. The van der Waals surface area contributed by atoms with Crippen molar-refractivity contribution in [2.24, 2.45) is 0 Å². The zero-order valence-electron chi connectivity index (χ0n) is 20.2. The highest BCUT2D eigenvalue weighted by atomic mass is 35.5. The summed E-state index contributed by atoms with van der Waals surface area (Å²) in [4.78, 5) is 39.6. The molecule has 0 fully saturated rings. The van der Waals surface area contributed by atoms with Gasteiger partial charge >= 0.3 is 5.97 Å². The molecule has 0 saturated heterocycles. The maximum atomic E-state index is 13.1. The normalized spacial score (nSPS) is 13.5. The second-order valence-corrected chi connectivity index (χ2v) is 9.05. The lowest BCUT2D eigenvalue weighted by Crippen LogP contribution is -2.32. The topological polar surface area (TPSA) is 75.7 Å². The molecule has 4 rings (SSSR count). The largest absolute Gasteiger partial charge is 0.422 e. The van der Waals surface area contributed by atoms with Crippen LogP contribution in [0.3, 0.4) is 0 Å². The van der Waals surface area contributed by atoms with Crippen LogP contribution < -0.4 is 15.0 Å². The number of halogens is 1. The van der Waals surface area contributed by atoms with Gasteiger partial charge in [-0.15, -0.1) is 0 Å². The average molecular weight is 489 g/mol. The molecule has 35 heavy (non-hydrogen) atoms. The van der Waals surface area contributed by atoms with Crippen molar-refractivity contribution in [3.63, 3.8) is 0 Å². The van der Waals surface area contributed by atoms with Crippen LogP contribution in [0.15, 0.2) is 65.3 Å². The molecule has 0 aliphatic carbocycles. The van der Waals surface area contributed by atoms with Crippen molar-refractivity contribution in [3.8, 4) is 5.75 Å². The number of esters is 1. The Morgan fingerprint density at radius 2 is 1.49 bits per heavy atom. The Morgan fingerprint density at radius 1 is 0.829 bits per heavy atom. The van der Waals surface area contributed by atoms with Gasteiger partial charge in [-0.05, 0) is 87.2 Å². The fraction of sp³-hybridized carbons (Fsp3) is 0.179. The molecule has 0 saturated carbocycles. The van der Waals surface area contributed by atoms with Crippen LogP contribution in [0.5, 0.6) is 5.75 Å². The van der Waals surface area contributed by atoms with E-state index in [0.717, 1.165) is 32.7 Å². The van der Waals surface area contributed by atoms with Crippen molar-refractivity contribution in [1.82, 2.24) is 0 Å². The number of nitrogens with zero attached hydrogens (tertiary/aromatic N) is 1. The van der Waals surface area contributed by atoms with Gasteiger partial charge in [-0.1, -0.05) is 41.4 Å². The van der Waals surface area contributed by atoms with Gasteiger partial charge in [0.1, 0.15) is 16.5 Å². The third-order valence-electron chi connectivity index (χ3n) is 6.08. The highest BCUT2D eigenvalue weighted by molar-refractivity contribution is 6.53. The molecule has 1 aliphatic rings. The van der Waals surface area contributed by atoms with E-state index in [0.29, 0.717) is 22.7 Å². The molecule has 2 amide bonds. The number of imide groups is 1. The Bertz CT molecular complexity index is 1410. The number of ether oxygens (including phenoxy) is 1. The number of hydrogen-bond donors (Lipinski definition) is 1. The van der Waals surface area contributed by atoms with E-state index in [1.54, 1.807) is 30.3 Å². The van der Waals surface area contributed by atoms with Gasteiger partial charge in [0.2, 0.25) is 0 Å². The molecular weight excluding hydrogens is 464 g/mol. The summed E-state index contributed by atoms with van der Waals surface area (Å²) in [5.74, 6) is -1.06. The molecule has 6 nitrogen and oxygen atoms in total. The van der Waals surface area contributed by atoms with Crippen LogP contribution in [-0.2, 0) is 9.59 Å². The molecule has 3 aromatic carbocycles. The first-order chi connectivity index (χ1) is 16.6. The van der Waals surface area contributed by atoms with Crippen molar-refractivity contribution in [2.45, 2.75) is 34.6 Å². The summed E-state index contributed by atoms with van der Waals surface area (Å²) in [6.07, 6.45) is 0. The van der Waals surface area contributed by atoms with Gasteiger partial charge < -0.3 is 10.1 Å². The number of anilines is 2. The van der Waals surface area contributed by atoms with Gasteiger partial charge in [-0.2, -0.15) is 0 Å². The number of amides is 2. The predicted octanol–water partition coefficient (Wildman–Crippen LogP) is 5.88. The minimum Gasteiger partial charge on any atom is -0.422 e. The first-order valence-electron chi connectivity index (χ1n) is 11.1. The zero-order chi connectivity index (χ0) is 25.4. The maximum Gasteiger partial charge on any atom is 0.343 e. The minimum absolute atomic E-state index is 0.0158. The number of nitrogens with one attached hydrogen (secondary N) is 1. The lowest BCUT2D eigenvalue weighted by atomic mass is 10.1. The maximum absolute atomic E-state index is 13.1. The fourth-order valence-electron chi connectivity index (χ4n) is 3.95. The predicted molar refractivity (Wildman–Crippen MR) is 137 cm³/mol. The van der Waals surface area contributed by atoms with E-state index in [1.807, 2.05) is 58.9 Å². The molecule has 178 valence electrons. The molecule has 0 radical (unpaired) electrons. The van der Waals surface area contributed by atoms with Gasteiger partial charge in [-0.25, -0.2) is 9.69 Å². The summed E-state index contributed by atoms with van der Waals surface area (Å²) in [7, 11) is 0. The third kappa shape index (κ3) is 4.57. The van der Waals surface area contributed by atoms with E-state index < -0.39 is 17.8 Å². The Labute approximate surface area is 209 Å². The number of aryl methyl sites for hydroxylation is 4. The van der Waals surface area contributed by atoms with Gasteiger partial charge in [0, 0.05) is 5.69 Å². The summed E-state index contributed by atoms with van der Waals surface area (Å²) in [6, 6.07) is 15.8. The van der Waals surface area contributed by atoms with Crippen LogP contribution in [0.4, 0.5) is 11.4 Å². The Kier molecular flexibility index (Phi) is 6.50. The van der Waals surface area contributed by atoms with Crippen molar-refractivity contribution in [3.05, 3.63) is 98.7 Å². The summed E-state index contributed by atoms with van der Waals surface area (Å²) in [5, 5.41) is 2.74. The van der Waals surface area contributed by atoms with Crippen LogP contribution in [0.25, 0.3) is 0 Å². The van der Waals surface area contributed by atoms with Crippen molar-refractivity contribution in [2.75, 3.05) is 10.2 Å². The summed E-state index contributed by atoms with van der Waals surface area (Å²) < 4.78 is 5.65. The summed E-state index contributed by atoms with van der Waals surface area (Å²) in [5.41, 5.74) is 5.96. The smallest absolute Gasteiger partial charge is 0.343 e. The Morgan fingerprint density at radius 3 is 2.14 bits per heavy atom. The van der Waals surface area contributed by atoms with Gasteiger partial charge in [0.15, 0.2) is 0 Å². The number of carbonyl (C=O) groups excluding carboxylic acids is 3. The molecule has 1 N–H and O–H groups in total. The van der Waals surface area contributed by atoms with Gasteiger partial charge in [0.25, 0.3) is 11.8 Å². The molecule has 0 unspecified atom stereocenters. The number of hydrogen-bond acceptors (Lipinski definition) is 5. The zero-order valence-corrected chi connectivity index (χ0v) is 20.9. The van der Waals surface area contributed by atoms with E-state index in [9.17, 15) is 14.4 Å². The van der Waals surface area contributed by atoms with Crippen LogP contribution in [0, 0.1) is 34.6 Å². The van der Waals surface area contributed by atoms with E-state index in [1.165, 1.54) is 0 Å². The molecule has 0 spiro atoms. The van der Waals surface area contributed by atoms with E-state index in [-0.39, 0.29) is 10.7 Å². The van der Waals surface area contributed by atoms with E-state index in [2.05, 4.69) is 5.32 Å².